The molecule has 0 aliphatic carbocycles. The lowest BCUT2D eigenvalue weighted by Gasteiger charge is -2.27. The number of ether oxygens (including phenoxy) is 1. The molecule has 198 valence electrons. The molecule has 0 fully saturated rings. The molecule has 1 atom stereocenters. The zero-order valence-corrected chi connectivity index (χ0v) is 23.6. The first-order chi connectivity index (χ1) is 17.4. The fourth-order valence-electron chi connectivity index (χ4n) is 3.71. The summed E-state index contributed by atoms with van der Waals surface area (Å²) in [6.45, 7) is 15.0. The first-order valence-corrected chi connectivity index (χ1v) is 13.3. The Labute approximate surface area is 223 Å². The van der Waals surface area contributed by atoms with E-state index in [1.807, 2.05) is 37.3 Å². The summed E-state index contributed by atoms with van der Waals surface area (Å²) < 4.78 is 6.76. The first kappa shape index (κ1) is 28.4. The van der Waals surface area contributed by atoms with E-state index in [1.54, 1.807) is 0 Å². The van der Waals surface area contributed by atoms with E-state index in [1.165, 1.54) is 27.6 Å². The third kappa shape index (κ3) is 7.89. The van der Waals surface area contributed by atoms with Crippen LogP contribution in [-0.4, -0.2) is 38.1 Å². The minimum absolute atomic E-state index is 0.0294. The molecule has 0 bridgehead atoms. The molecule has 3 rings (SSSR count). The Morgan fingerprint density at radius 1 is 1.03 bits per heavy atom. The second kappa shape index (κ2) is 11.9. The molecule has 0 saturated carbocycles. The van der Waals surface area contributed by atoms with E-state index in [9.17, 15) is 9.59 Å². The Bertz CT molecular complexity index is 1210. The molecule has 1 aromatic heterocycles. The van der Waals surface area contributed by atoms with Crippen molar-refractivity contribution < 1.29 is 14.3 Å². The van der Waals surface area contributed by atoms with Crippen LogP contribution in [0.3, 0.4) is 0 Å². The fourth-order valence-corrected chi connectivity index (χ4v) is 4.81. The van der Waals surface area contributed by atoms with Gasteiger partial charge in [-0.2, -0.15) is 0 Å². The number of hydrogen-bond acceptors (Lipinski definition) is 7. The Hall–Kier alpha value is -3.20. The van der Waals surface area contributed by atoms with E-state index >= 15 is 0 Å². The number of carbonyl (C=O) groups excluding carboxylic acids is 2. The maximum atomic E-state index is 13.0. The highest BCUT2D eigenvalue weighted by molar-refractivity contribution is 7.99. The summed E-state index contributed by atoms with van der Waals surface area (Å²) in [5, 5.41) is 15.2. The van der Waals surface area contributed by atoms with Crippen molar-refractivity contribution in [2.75, 3.05) is 0 Å². The van der Waals surface area contributed by atoms with Crippen molar-refractivity contribution in [2.45, 2.75) is 95.0 Å². The standard InChI is InChI=1S/C28H37N5O3S/c1-8-22(29-26(35)36-18-19-12-10-9-11-13-19)23(34)17-33-25(30-31-32-33)37-24-15-14-20(27(2,3)4)16-21(24)28(5,6)7/h9-16,22H,8,17-18H2,1-7H3,(H,29,35). The number of hydrogen-bond donors (Lipinski definition) is 1. The third-order valence-electron chi connectivity index (χ3n) is 5.96. The molecule has 1 heterocycles. The van der Waals surface area contributed by atoms with Gasteiger partial charge in [0.05, 0.1) is 6.04 Å². The number of amides is 1. The second-order valence-corrected chi connectivity index (χ2v) is 12.1. The molecule has 1 N–H and O–H groups in total. The van der Waals surface area contributed by atoms with Crippen LogP contribution in [0.5, 0.6) is 0 Å². The van der Waals surface area contributed by atoms with E-state index in [-0.39, 0.29) is 29.8 Å². The molecule has 0 aliphatic rings. The number of tetrazole rings is 1. The normalized spacial score (nSPS) is 12.7. The van der Waals surface area contributed by atoms with Gasteiger partial charge in [0, 0.05) is 4.90 Å². The van der Waals surface area contributed by atoms with Crippen LogP contribution in [-0.2, 0) is 33.5 Å². The van der Waals surface area contributed by atoms with E-state index in [0.717, 1.165) is 10.5 Å². The highest BCUT2D eigenvalue weighted by atomic mass is 32.2. The molecule has 0 aliphatic heterocycles. The number of nitrogens with zero attached hydrogens (tertiary/aromatic N) is 4. The highest BCUT2D eigenvalue weighted by Gasteiger charge is 2.25. The van der Waals surface area contributed by atoms with Gasteiger partial charge in [-0.3, -0.25) is 4.79 Å². The van der Waals surface area contributed by atoms with Crippen molar-refractivity contribution in [3.05, 3.63) is 65.2 Å². The third-order valence-corrected chi connectivity index (χ3v) is 7.01. The van der Waals surface area contributed by atoms with E-state index < -0.39 is 12.1 Å². The SMILES string of the molecule is CCC(NC(=O)OCc1ccccc1)C(=O)Cn1nnnc1Sc1ccc(C(C)(C)C)cc1C(C)(C)C. The van der Waals surface area contributed by atoms with Gasteiger partial charge >= 0.3 is 6.09 Å². The van der Waals surface area contributed by atoms with Crippen LogP contribution >= 0.6 is 11.8 Å². The summed E-state index contributed by atoms with van der Waals surface area (Å²) in [7, 11) is 0. The van der Waals surface area contributed by atoms with Gasteiger partial charge in [-0.05, 0) is 62.2 Å². The molecule has 9 heteroatoms. The molecule has 8 nitrogen and oxygen atoms in total. The smallest absolute Gasteiger partial charge is 0.408 e. The lowest BCUT2D eigenvalue weighted by molar-refractivity contribution is -0.122. The minimum Gasteiger partial charge on any atom is -0.445 e. The molecule has 0 radical (unpaired) electrons. The number of benzene rings is 2. The molecule has 2 aromatic carbocycles. The van der Waals surface area contributed by atoms with Gasteiger partial charge in [-0.15, -0.1) is 5.10 Å². The molecule has 37 heavy (non-hydrogen) atoms. The summed E-state index contributed by atoms with van der Waals surface area (Å²) in [6.07, 6.45) is -0.212. The number of ketones is 1. The average molecular weight is 524 g/mol. The van der Waals surface area contributed by atoms with Crippen LogP contribution in [0.25, 0.3) is 0 Å². The second-order valence-electron chi connectivity index (χ2n) is 11.1. The van der Waals surface area contributed by atoms with E-state index in [4.69, 9.17) is 4.74 Å². The highest BCUT2D eigenvalue weighted by Crippen LogP contribution is 2.38. The minimum atomic E-state index is -0.707. The Kier molecular flexibility index (Phi) is 9.12. The summed E-state index contributed by atoms with van der Waals surface area (Å²) >= 11 is 1.44. The molecule has 3 aromatic rings. The lowest BCUT2D eigenvalue weighted by atomic mass is 9.81. The van der Waals surface area contributed by atoms with Gasteiger partial charge in [0.25, 0.3) is 0 Å². The predicted octanol–water partition coefficient (Wildman–Crippen LogP) is 5.69. The van der Waals surface area contributed by atoms with Crippen LogP contribution in [0.4, 0.5) is 4.79 Å². The summed E-state index contributed by atoms with van der Waals surface area (Å²) in [6, 6.07) is 15.2. The van der Waals surface area contributed by atoms with Crippen LogP contribution in [0, 0.1) is 0 Å². The van der Waals surface area contributed by atoms with Crippen LogP contribution in [0.1, 0.15) is 71.6 Å². The number of alkyl carbamates (subject to hydrolysis) is 1. The maximum Gasteiger partial charge on any atom is 0.408 e. The molecule has 0 spiro atoms. The van der Waals surface area contributed by atoms with E-state index in [2.05, 4.69) is 80.6 Å². The topological polar surface area (TPSA) is 99.0 Å². The summed E-state index contributed by atoms with van der Waals surface area (Å²) in [4.78, 5) is 26.4. The predicted molar refractivity (Wildman–Crippen MR) is 145 cm³/mol. The van der Waals surface area contributed by atoms with Crippen molar-refractivity contribution in [1.82, 2.24) is 25.5 Å². The van der Waals surface area contributed by atoms with Gasteiger partial charge in [0.15, 0.2) is 5.78 Å². The van der Waals surface area contributed by atoms with Crippen molar-refractivity contribution in [3.8, 4) is 0 Å². The fraction of sp³-hybridized carbons (Fsp3) is 0.464. The van der Waals surface area contributed by atoms with Crippen LogP contribution in [0.2, 0.25) is 0 Å². The Balaban J connectivity index is 1.70. The monoisotopic (exact) mass is 523 g/mol. The van der Waals surface area contributed by atoms with E-state index in [0.29, 0.717) is 11.6 Å². The van der Waals surface area contributed by atoms with Gasteiger partial charge in [0.1, 0.15) is 13.2 Å². The number of nitrogens with one attached hydrogen (secondary N) is 1. The average Bonchev–Trinajstić information content (AvgIpc) is 3.26. The van der Waals surface area contributed by atoms with Crippen molar-refractivity contribution >= 4 is 23.6 Å². The number of carbonyl (C=O) groups is 2. The molecule has 1 unspecified atom stereocenters. The number of Topliss-reactive ketones (excluding diaryl/α,β-unsaturated/α-hetero) is 1. The zero-order valence-electron chi connectivity index (χ0n) is 22.7. The summed E-state index contributed by atoms with van der Waals surface area (Å²) in [5.74, 6) is -0.201. The Morgan fingerprint density at radius 2 is 1.73 bits per heavy atom. The van der Waals surface area contributed by atoms with Gasteiger partial charge in [-0.1, -0.05) is 90.9 Å². The lowest BCUT2D eigenvalue weighted by Crippen LogP contribution is -2.42. The molecule has 0 saturated heterocycles. The zero-order chi connectivity index (χ0) is 27.2. The molecular weight excluding hydrogens is 486 g/mol. The van der Waals surface area contributed by atoms with Gasteiger partial charge < -0.3 is 10.1 Å². The van der Waals surface area contributed by atoms with Crippen molar-refractivity contribution in [3.63, 3.8) is 0 Å². The number of rotatable bonds is 9. The van der Waals surface area contributed by atoms with Gasteiger partial charge in [0.2, 0.25) is 5.16 Å². The van der Waals surface area contributed by atoms with Crippen LogP contribution < -0.4 is 5.32 Å². The van der Waals surface area contributed by atoms with Crippen LogP contribution in [0.15, 0.2) is 58.6 Å². The molecule has 1 amide bonds. The largest absolute Gasteiger partial charge is 0.445 e. The number of aromatic nitrogens is 4. The quantitative estimate of drug-likeness (QED) is 0.384. The summed E-state index contributed by atoms with van der Waals surface area (Å²) in [5.41, 5.74) is 3.27. The first-order valence-electron chi connectivity index (χ1n) is 12.5. The molecular formula is C28H37N5O3S. The van der Waals surface area contributed by atoms with Crippen molar-refractivity contribution in [2.24, 2.45) is 0 Å². The Morgan fingerprint density at radius 3 is 2.35 bits per heavy atom. The maximum absolute atomic E-state index is 13.0. The van der Waals surface area contributed by atoms with Crippen molar-refractivity contribution in [1.29, 1.82) is 0 Å². The van der Waals surface area contributed by atoms with Gasteiger partial charge in [-0.25, -0.2) is 9.48 Å².